The van der Waals surface area contributed by atoms with Gasteiger partial charge in [0.15, 0.2) is 0 Å². The number of aliphatic hydroxyl groups is 1. The van der Waals surface area contributed by atoms with Gasteiger partial charge in [0.25, 0.3) is 0 Å². The minimum atomic E-state index is 0.388. The second-order valence-electron chi connectivity index (χ2n) is 5.43. The Morgan fingerprint density at radius 3 is 2.53 bits per heavy atom. The van der Waals surface area contributed by atoms with Crippen LogP contribution in [-0.4, -0.2) is 36.2 Å². The van der Waals surface area contributed by atoms with E-state index in [1.54, 1.807) is 0 Å². The third-order valence-electron chi connectivity index (χ3n) is 4.19. The largest absolute Gasteiger partial charge is 0.396 e. The van der Waals surface area contributed by atoms with Crippen LogP contribution in [0.1, 0.15) is 44.9 Å². The van der Waals surface area contributed by atoms with Crippen LogP contribution in [0.3, 0.4) is 0 Å². The van der Waals surface area contributed by atoms with Gasteiger partial charge in [-0.05, 0) is 44.2 Å². The molecular weight excluding hydrogens is 186 g/mol. The van der Waals surface area contributed by atoms with Gasteiger partial charge in [0.05, 0.1) is 0 Å². The molecule has 1 N–H and O–H groups in total. The van der Waals surface area contributed by atoms with Crippen molar-refractivity contribution in [1.82, 2.24) is 4.90 Å². The zero-order valence-electron chi connectivity index (χ0n) is 9.83. The predicted octanol–water partition coefficient (Wildman–Crippen LogP) is 2.27. The summed E-state index contributed by atoms with van der Waals surface area (Å²) in [5, 5.41) is 9.06. The van der Waals surface area contributed by atoms with Crippen LogP contribution >= 0.6 is 0 Å². The molecule has 0 radical (unpaired) electrons. The lowest BCUT2D eigenvalue weighted by atomic mass is 10.0. The van der Waals surface area contributed by atoms with Gasteiger partial charge in [0.2, 0.25) is 0 Å². The fourth-order valence-corrected chi connectivity index (χ4v) is 3.17. The average Bonchev–Trinajstić information content (AvgIpc) is 2.88. The van der Waals surface area contributed by atoms with Crippen LogP contribution in [0.4, 0.5) is 0 Å². The van der Waals surface area contributed by atoms with Gasteiger partial charge in [-0.25, -0.2) is 0 Å². The summed E-state index contributed by atoms with van der Waals surface area (Å²) in [6.07, 6.45) is 9.95. The van der Waals surface area contributed by atoms with Crippen LogP contribution in [0.2, 0.25) is 0 Å². The summed E-state index contributed by atoms with van der Waals surface area (Å²) in [6.45, 7) is 4.02. The SMILES string of the molecule is OC[C@H]1CCN(CCCC2CCCC2)C1. The van der Waals surface area contributed by atoms with Crippen molar-refractivity contribution in [3.8, 4) is 0 Å². The molecule has 2 fully saturated rings. The lowest BCUT2D eigenvalue weighted by Crippen LogP contribution is -2.23. The summed E-state index contributed by atoms with van der Waals surface area (Å²) < 4.78 is 0. The first-order chi connectivity index (χ1) is 7.38. The molecule has 1 saturated carbocycles. The Hall–Kier alpha value is -0.0800. The predicted molar refractivity (Wildman–Crippen MR) is 62.8 cm³/mol. The average molecular weight is 211 g/mol. The van der Waals surface area contributed by atoms with E-state index in [9.17, 15) is 0 Å². The van der Waals surface area contributed by atoms with Crippen LogP contribution in [0.25, 0.3) is 0 Å². The topological polar surface area (TPSA) is 23.5 Å². The maximum atomic E-state index is 9.06. The van der Waals surface area contributed by atoms with E-state index in [4.69, 9.17) is 5.11 Å². The third kappa shape index (κ3) is 3.46. The van der Waals surface area contributed by atoms with Crippen molar-refractivity contribution in [1.29, 1.82) is 0 Å². The van der Waals surface area contributed by atoms with Crippen molar-refractivity contribution in [2.75, 3.05) is 26.2 Å². The molecule has 1 heterocycles. The van der Waals surface area contributed by atoms with Gasteiger partial charge in [-0.15, -0.1) is 0 Å². The van der Waals surface area contributed by atoms with E-state index in [0.29, 0.717) is 12.5 Å². The maximum absolute atomic E-state index is 9.06. The maximum Gasteiger partial charge on any atom is 0.0471 e. The lowest BCUT2D eigenvalue weighted by molar-refractivity contribution is 0.220. The molecular formula is C13H25NO. The molecule has 2 aliphatic rings. The van der Waals surface area contributed by atoms with Gasteiger partial charge >= 0.3 is 0 Å². The Morgan fingerprint density at radius 1 is 1.07 bits per heavy atom. The minimum absolute atomic E-state index is 0.388. The summed E-state index contributed by atoms with van der Waals surface area (Å²) >= 11 is 0. The molecule has 2 heteroatoms. The Labute approximate surface area is 93.7 Å². The van der Waals surface area contributed by atoms with E-state index < -0.39 is 0 Å². The monoisotopic (exact) mass is 211 g/mol. The highest BCUT2D eigenvalue weighted by atomic mass is 16.3. The first-order valence-electron chi connectivity index (χ1n) is 6.71. The van der Waals surface area contributed by atoms with E-state index in [-0.39, 0.29) is 0 Å². The highest BCUT2D eigenvalue weighted by Gasteiger charge is 2.21. The van der Waals surface area contributed by atoms with Gasteiger partial charge in [-0.2, -0.15) is 0 Å². The Kier molecular flexibility index (Phi) is 4.45. The van der Waals surface area contributed by atoms with Crippen molar-refractivity contribution in [3.63, 3.8) is 0 Å². The number of likely N-dealkylation sites (tertiary alicyclic amines) is 1. The standard InChI is InChI=1S/C13H25NO/c15-11-13-7-9-14(10-13)8-3-6-12-4-1-2-5-12/h12-13,15H,1-11H2/t13-/m0/s1. The zero-order chi connectivity index (χ0) is 10.5. The van der Waals surface area contributed by atoms with Crippen molar-refractivity contribution in [2.24, 2.45) is 11.8 Å². The second-order valence-corrected chi connectivity index (χ2v) is 5.43. The van der Waals surface area contributed by atoms with Crippen LogP contribution in [0, 0.1) is 11.8 Å². The highest BCUT2D eigenvalue weighted by Crippen LogP contribution is 2.28. The van der Waals surface area contributed by atoms with Crippen molar-refractivity contribution >= 4 is 0 Å². The van der Waals surface area contributed by atoms with Crippen LogP contribution < -0.4 is 0 Å². The van der Waals surface area contributed by atoms with Gasteiger partial charge < -0.3 is 10.0 Å². The molecule has 2 rings (SSSR count). The second kappa shape index (κ2) is 5.86. The molecule has 1 aliphatic heterocycles. The number of aliphatic hydroxyl groups excluding tert-OH is 1. The molecule has 1 atom stereocenters. The van der Waals surface area contributed by atoms with E-state index in [2.05, 4.69) is 4.90 Å². The summed E-state index contributed by atoms with van der Waals surface area (Å²) in [6, 6.07) is 0. The van der Waals surface area contributed by atoms with Crippen LogP contribution in [-0.2, 0) is 0 Å². The first kappa shape index (κ1) is 11.4. The molecule has 88 valence electrons. The summed E-state index contributed by atoms with van der Waals surface area (Å²) in [5.41, 5.74) is 0. The fraction of sp³-hybridized carbons (Fsp3) is 1.00. The number of hydrogen-bond donors (Lipinski definition) is 1. The Morgan fingerprint density at radius 2 is 1.87 bits per heavy atom. The van der Waals surface area contributed by atoms with Crippen molar-refractivity contribution in [3.05, 3.63) is 0 Å². The third-order valence-corrected chi connectivity index (χ3v) is 4.19. The number of nitrogens with zero attached hydrogens (tertiary/aromatic N) is 1. The first-order valence-corrected chi connectivity index (χ1v) is 6.71. The Balaban J connectivity index is 1.54. The molecule has 15 heavy (non-hydrogen) atoms. The molecule has 0 spiro atoms. The molecule has 0 bridgehead atoms. The molecule has 0 unspecified atom stereocenters. The van der Waals surface area contributed by atoms with Crippen LogP contribution in [0.15, 0.2) is 0 Å². The molecule has 1 aliphatic carbocycles. The molecule has 0 aromatic carbocycles. The molecule has 0 aromatic heterocycles. The number of hydrogen-bond acceptors (Lipinski definition) is 2. The zero-order valence-corrected chi connectivity index (χ0v) is 9.83. The highest BCUT2D eigenvalue weighted by molar-refractivity contribution is 4.75. The molecule has 0 aromatic rings. The van der Waals surface area contributed by atoms with Crippen molar-refractivity contribution in [2.45, 2.75) is 44.9 Å². The smallest absolute Gasteiger partial charge is 0.0471 e. The minimum Gasteiger partial charge on any atom is -0.396 e. The molecule has 1 saturated heterocycles. The molecule has 2 nitrogen and oxygen atoms in total. The fourth-order valence-electron chi connectivity index (χ4n) is 3.17. The van der Waals surface area contributed by atoms with Gasteiger partial charge in [-0.1, -0.05) is 25.7 Å². The lowest BCUT2D eigenvalue weighted by Gasteiger charge is -2.16. The van der Waals surface area contributed by atoms with E-state index >= 15 is 0 Å². The van der Waals surface area contributed by atoms with E-state index in [0.717, 1.165) is 12.5 Å². The Bertz CT molecular complexity index is 177. The summed E-state index contributed by atoms with van der Waals surface area (Å²) in [5.74, 6) is 1.61. The molecule has 0 amide bonds. The number of rotatable bonds is 5. The summed E-state index contributed by atoms with van der Waals surface area (Å²) in [7, 11) is 0. The van der Waals surface area contributed by atoms with E-state index in [1.165, 1.54) is 58.0 Å². The summed E-state index contributed by atoms with van der Waals surface area (Å²) in [4.78, 5) is 2.54. The van der Waals surface area contributed by atoms with Crippen LogP contribution in [0.5, 0.6) is 0 Å². The van der Waals surface area contributed by atoms with Gasteiger partial charge in [-0.3, -0.25) is 0 Å². The quantitative estimate of drug-likeness (QED) is 0.754. The van der Waals surface area contributed by atoms with Gasteiger partial charge in [0.1, 0.15) is 0 Å². The van der Waals surface area contributed by atoms with Gasteiger partial charge in [0, 0.05) is 13.2 Å². The van der Waals surface area contributed by atoms with Crippen molar-refractivity contribution < 1.29 is 5.11 Å². The van der Waals surface area contributed by atoms with E-state index in [1.807, 2.05) is 0 Å². The normalized spacial score (nSPS) is 29.0.